The lowest BCUT2D eigenvalue weighted by Gasteiger charge is -2.19. The van der Waals surface area contributed by atoms with Crippen molar-refractivity contribution in [3.63, 3.8) is 0 Å². The van der Waals surface area contributed by atoms with E-state index in [1.54, 1.807) is 0 Å². The fraction of sp³-hybridized carbons (Fsp3) is 0.583. The van der Waals surface area contributed by atoms with Crippen LogP contribution in [0.4, 0.5) is 0 Å². The van der Waals surface area contributed by atoms with Crippen LogP contribution in [-0.4, -0.2) is 36.0 Å². The Hall–Kier alpha value is -2.22. The summed E-state index contributed by atoms with van der Waals surface area (Å²) in [4.78, 5) is 30.5. The van der Waals surface area contributed by atoms with E-state index >= 15 is 0 Å². The average molecular weight is 295 g/mol. The number of carbonyl (C=O) groups excluding carboxylic acids is 1. The van der Waals surface area contributed by atoms with E-state index in [9.17, 15) is 9.59 Å². The summed E-state index contributed by atoms with van der Waals surface area (Å²) in [6, 6.07) is 0. The van der Waals surface area contributed by atoms with Crippen LogP contribution in [0.1, 0.15) is 35.9 Å². The largest absolute Gasteiger partial charge is 0.354 e. The lowest BCUT2D eigenvalue weighted by Crippen LogP contribution is -2.35. The minimum Gasteiger partial charge on any atom is -0.354 e. The minimum absolute atomic E-state index is 0.0457. The quantitative estimate of drug-likeness (QED) is 0.340. The van der Waals surface area contributed by atoms with E-state index in [1.165, 1.54) is 18.8 Å². The maximum absolute atomic E-state index is 12.4. The second kappa shape index (κ2) is 7.53. The summed E-state index contributed by atoms with van der Waals surface area (Å²) in [5.41, 5.74) is 7.41. The topological polar surface area (TPSA) is 119 Å². The molecule has 0 saturated carbocycles. The number of nitrogens with zero attached hydrogens (tertiary/aromatic N) is 5. The van der Waals surface area contributed by atoms with Crippen molar-refractivity contribution >= 4 is 5.91 Å². The molecule has 1 amide bonds. The van der Waals surface area contributed by atoms with Crippen LogP contribution < -0.4 is 5.56 Å². The van der Waals surface area contributed by atoms with E-state index in [0.717, 1.165) is 6.20 Å². The summed E-state index contributed by atoms with van der Waals surface area (Å²) >= 11 is 0. The number of azide groups is 1. The Morgan fingerprint density at radius 3 is 2.57 bits per heavy atom. The lowest BCUT2D eigenvalue weighted by atomic mass is 10.2. The van der Waals surface area contributed by atoms with Gasteiger partial charge in [0.25, 0.3) is 11.5 Å². The molecule has 9 nitrogen and oxygen atoms in total. The molecule has 0 unspecified atom stereocenters. The van der Waals surface area contributed by atoms with Gasteiger partial charge >= 0.3 is 0 Å². The third-order valence-corrected chi connectivity index (χ3v) is 2.82. The Labute approximate surface area is 121 Å². The molecular formula is C12H17N5O4. The van der Waals surface area contributed by atoms with Crippen LogP contribution in [0.3, 0.4) is 0 Å². The molecule has 0 atom stereocenters. The van der Waals surface area contributed by atoms with Gasteiger partial charge in [-0.3, -0.25) is 14.2 Å². The van der Waals surface area contributed by atoms with Crippen LogP contribution in [0.5, 0.6) is 0 Å². The number of methoxy groups -OCH3 is 2. The zero-order valence-electron chi connectivity index (χ0n) is 12.3. The zero-order chi connectivity index (χ0) is 16.0. The second-order valence-corrected chi connectivity index (χ2v) is 4.50. The number of rotatable bonds is 6. The molecule has 0 saturated heterocycles. The molecule has 0 radical (unpaired) electrons. The van der Waals surface area contributed by atoms with Gasteiger partial charge < -0.3 is 9.47 Å². The van der Waals surface area contributed by atoms with Crippen molar-refractivity contribution in [3.8, 4) is 0 Å². The highest BCUT2D eigenvalue weighted by molar-refractivity contribution is 5.94. The fourth-order valence-electron chi connectivity index (χ4n) is 1.78. The van der Waals surface area contributed by atoms with Crippen LogP contribution >= 0.6 is 0 Å². The molecule has 1 heterocycles. The molecule has 21 heavy (non-hydrogen) atoms. The highest BCUT2D eigenvalue weighted by Gasteiger charge is 2.19. The van der Waals surface area contributed by atoms with Crippen molar-refractivity contribution in [1.82, 2.24) is 9.55 Å². The molecule has 1 aromatic heterocycles. The molecule has 0 aliphatic rings. The molecule has 0 aromatic carbocycles. The first-order valence-electron chi connectivity index (χ1n) is 6.21. The number of hydrogen-bond donors (Lipinski definition) is 0. The molecule has 114 valence electrons. The average Bonchev–Trinajstić information content (AvgIpc) is 2.45. The van der Waals surface area contributed by atoms with Gasteiger partial charge in [-0.15, -0.1) is 0 Å². The number of amides is 1. The third-order valence-electron chi connectivity index (χ3n) is 2.82. The summed E-state index contributed by atoms with van der Waals surface area (Å²) in [6.07, 6.45) is 0.464. The van der Waals surface area contributed by atoms with Gasteiger partial charge in [0.05, 0.1) is 6.54 Å². The van der Waals surface area contributed by atoms with Gasteiger partial charge in [-0.2, -0.15) is 0 Å². The molecule has 0 aliphatic carbocycles. The van der Waals surface area contributed by atoms with E-state index in [2.05, 4.69) is 15.0 Å². The Bertz CT molecular complexity index is 615. The van der Waals surface area contributed by atoms with Gasteiger partial charge in [-0.25, -0.2) is 4.98 Å². The molecule has 0 bridgehead atoms. The van der Waals surface area contributed by atoms with Crippen molar-refractivity contribution in [2.75, 3.05) is 14.2 Å². The predicted molar refractivity (Wildman–Crippen MR) is 73.9 cm³/mol. The van der Waals surface area contributed by atoms with Gasteiger partial charge in [0.15, 0.2) is 6.29 Å². The monoisotopic (exact) mass is 295 g/mol. The smallest absolute Gasteiger partial charge is 0.264 e. The Morgan fingerprint density at radius 1 is 1.48 bits per heavy atom. The fourth-order valence-corrected chi connectivity index (χ4v) is 1.78. The number of aromatic nitrogens is 2. The first-order valence-corrected chi connectivity index (χ1v) is 6.21. The van der Waals surface area contributed by atoms with Crippen molar-refractivity contribution in [2.24, 2.45) is 5.11 Å². The number of ether oxygens (including phenoxy) is 2. The van der Waals surface area contributed by atoms with E-state index < -0.39 is 17.8 Å². The highest BCUT2D eigenvalue weighted by Crippen LogP contribution is 2.11. The van der Waals surface area contributed by atoms with Crippen LogP contribution in [0.25, 0.3) is 10.4 Å². The van der Waals surface area contributed by atoms with Gasteiger partial charge in [0, 0.05) is 31.2 Å². The number of hydrogen-bond acceptors (Lipinski definition) is 5. The Balaban J connectivity index is 3.41. The standard InChI is InChI=1S/C12H17N5O4/c1-7(2)10-14-5-8(11(18)15-16-13)12(19)17(10)6-9(20-3)21-4/h5,7,9H,6H2,1-4H3. The van der Waals surface area contributed by atoms with Crippen LogP contribution in [0.2, 0.25) is 0 Å². The first kappa shape index (κ1) is 16.8. The summed E-state index contributed by atoms with van der Waals surface area (Å²) in [7, 11) is 2.88. The van der Waals surface area contributed by atoms with E-state index in [0.29, 0.717) is 5.82 Å². The molecule has 0 spiro atoms. The van der Waals surface area contributed by atoms with Crippen LogP contribution in [-0.2, 0) is 16.0 Å². The van der Waals surface area contributed by atoms with Crippen molar-refractivity contribution in [3.05, 3.63) is 38.4 Å². The van der Waals surface area contributed by atoms with E-state index in [1.807, 2.05) is 13.8 Å². The summed E-state index contributed by atoms with van der Waals surface area (Å²) in [5.74, 6) is -0.530. The second-order valence-electron chi connectivity index (χ2n) is 4.50. The van der Waals surface area contributed by atoms with Gasteiger partial charge in [0.2, 0.25) is 0 Å². The molecule has 0 fully saturated rings. The van der Waals surface area contributed by atoms with Crippen molar-refractivity contribution in [1.29, 1.82) is 0 Å². The molecule has 1 rings (SSSR count). The van der Waals surface area contributed by atoms with Crippen molar-refractivity contribution < 1.29 is 14.3 Å². The maximum Gasteiger partial charge on any atom is 0.264 e. The van der Waals surface area contributed by atoms with Crippen LogP contribution in [0.15, 0.2) is 16.1 Å². The Kier molecular flexibility index (Phi) is 6.04. The van der Waals surface area contributed by atoms with E-state index in [4.69, 9.17) is 15.0 Å². The lowest BCUT2D eigenvalue weighted by molar-refractivity contribution is -0.111. The molecular weight excluding hydrogens is 278 g/mol. The van der Waals surface area contributed by atoms with Gasteiger partial charge in [-0.1, -0.05) is 13.8 Å². The zero-order valence-corrected chi connectivity index (χ0v) is 12.3. The molecule has 0 aliphatic heterocycles. The third kappa shape index (κ3) is 3.88. The normalized spacial score (nSPS) is 10.8. The maximum atomic E-state index is 12.4. The van der Waals surface area contributed by atoms with Gasteiger partial charge in [0.1, 0.15) is 11.4 Å². The van der Waals surface area contributed by atoms with Crippen LogP contribution in [0, 0.1) is 0 Å². The predicted octanol–water partition coefficient (Wildman–Crippen LogP) is 1.44. The molecule has 1 aromatic rings. The summed E-state index contributed by atoms with van der Waals surface area (Å²) < 4.78 is 11.4. The van der Waals surface area contributed by atoms with Gasteiger partial charge in [-0.05, 0) is 10.6 Å². The first-order chi connectivity index (χ1) is 9.96. The van der Waals surface area contributed by atoms with Crippen molar-refractivity contribution in [2.45, 2.75) is 32.6 Å². The molecule has 0 N–H and O–H groups in total. The number of carbonyl (C=O) groups is 1. The summed E-state index contributed by atoms with van der Waals surface area (Å²) in [5, 5.41) is 2.92. The Morgan fingerprint density at radius 2 is 2.10 bits per heavy atom. The highest BCUT2D eigenvalue weighted by atomic mass is 16.7. The van der Waals surface area contributed by atoms with E-state index in [-0.39, 0.29) is 18.0 Å². The minimum atomic E-state index is -0.967. The molecule has 9 heteroatoms. The SMILES string of the molecule is COC(Cn1c(C(C)C)ncc(C(=O)N=[N+]=[N-])c1=O)OC. The summed E-state index contributed by atoms with van der Waals surface area (Å²) in [6.45, 7) is 3.80.